The first kappa shape index (κ1) is 13.2. The second kappa shape index (κ2) is 5.65. The van der Waals surface area contributed by atoms with Crippen LogP contribution in [0.3, 0.4) is 0 Å². The molecule has 2 saturated carbocycles. The van der Waals surface area contributed by atoms with Gasteiger partial charge in [0.25, 0.3) is 5.56 Å². The third kappa shape index (κ3) is 3.19. The molecule has 0 unspecified atom stereocenters. The molecule has 2 aliphatic carbocycles. The van der Waals surface area contributed by atoms with Gasteiger partial charge in [-0.3, -0.25) is 4.79 Å². The van der Waals surface area contributed by atoms with E-state index in [1.54, 1.807) is 10.9 Å². The predicted molar refractivity (Wildman–Crippen MR) is 79.4 cm³/mol. The van der Waals surface area contributed by atoms with Crippen molar-refractivity contribution in [3.05, 3.63) is 21.0 Å². The van der Waals surface area contributed by atoms with Gasteiger partial charge in [-0.05, 0) is 47.0 Å². The summed E-state index contributed by atoms with van der Waals surface area (Å²) in [5.74, 6) is 1.52. The molecular formula is C14H20BrN3O. The monoisotopic (exact) mass is 325 g/mol. The van der Waals surface area contributed by atoms with Gasteiger partial charge in [-0.1, -0.05) is 19.3 Å². The third-order valence-electron chi connectivity index (χ3n) is 4.20. The predicted octanol–water partition coefficient (Wildman–Crippen LogP) is 3.02. The fraction of sp³-hybridized carbons (Fsp3) is 0.714. The molecule has 0 atom stereocenters. The zero-order chi connectivity index (χ0) is 13.2. The molecule has 0 aromatic carbocycles. The van der Waals surface area contributed by atoms with Crippen molar-refractivity contribution in [1.29, 1.82) is 0 Å². The van der Waals surface area contributed by atoms with Crippen molar-refractivity contribution in [3.8, 4) is 0 Å². The number of nitrogens with one attached hydrogen (secondary N) is 1. The lowest BCUT2D eigenvalue weighted by Crippen LogP contribution is -2.31. The Labute approximate surface area is 121 Å². The minimum atomic E-state index is 0.0112. The maximum absolute atomic E-state index is 12.4. The fourth-order valence-corrected chi connectivity index (χ4v) is 2.89. The van der Waals surface area contributed by atoms with Crippen LogP contribution in [0.1, 0.15) is 38.5 Å². The molecular weight excluding hydrogens is 306 g/mol. The van der Waals surface area contributed by atoms with E-state index in [0.717, 1.165) is 29.9 Å². The summed E-state index contributed by atoms with van der Waals surface area (Å²) in [4.78, 5) is 12.4. The first-order valence-electron chi connectivity index (χ1n) is 7.23. The van der Waals surface area contributed by atoms with Crippen LogP contribution in [0.2, 0.25) is 0 Å². The van der Waals surface area contributed by atoms with Crippen molar-refractivity contribution < 1.29 is 0 Å². The van der Waals surface area contributed by atoms with E-state index in [1.807, 2.05) is 0 Å². The van der Waals surface area contributed by atoms with Gasteiger partial charge in [0.2, 0.25) is 0 Å². The normalized spacial score (nSPS) is 19.2. The van der Waals surface area contributed by atoms with E-state index in [4.69, 9.17) is 0 Å². The topological polar surface area (TPSA) is 46.9 Å². The van der Waals surface area contributed by atoms with Gasteiger partial charge in [-0.2, -0.15) is 5.10 Å². The van der Waals surface area contributed by atoms with Gasteiger partial charge in [-0.15, -0.1) is 0 Å². The van der Waals surface area contributed by atoms with E-state index < -0.39 is 0 Å². The molecule has 1 aromatic rings. The maximum Gasteiger partial charge on any atom is 0.291 e. The summed E-state index contributed by atoms with van der Waals surface area (Å²) in [5, 5.41) is 7.52. The molecule has 4 nitrogen and oxygen atoms in total. The summed E-state index contributed by atoms with van der Waals surface area (Å²) in [6.07, 6.45) is 9.36. The van der Waals surface area contributed by atoms with Crippen LogP contribution >= 0.6 is 15.9 Å². The second-order valence-corrected chi connectivity index (χ2v) is 6.66. The molecule has 1 heterocycles. The van der Waals surface area contributed by atoms with Crippen molar-refractivity contribution in [3.63, 3.8) is 0 Å². The van der Waals surface area contributed by atoms with Gasteiger partial charge in [0, 0.05) is 13.1 Å². The summed E-state index contributed by atoms with van der Waals surface area (Å²) >= 11 is 3.42. The third-order valence-corrected chi connectivity index (χ3v) is 4.81. The average molecular weight is 326 g/mol. The Hall–Kier alpha value is -0.840. The van der Waals surface area contributed by atoms with Crippen LogP contribution in [-0.2, 0) is 6.54 Å². The largest absolute Gasteiger partial charge is 0.380 e. The highest BCUT2D eigenvalue weighted by Gasteiger charge is 2.22. The zero-order valence-corrected chi connectivity index (χ0v) is 12.7. The van der Waals surface area contributed by atoms with E-state index in [0.29, 0.717) is 11.6 Å². The Kier molecular flexibility index (Phi) is 3.91. The summed E-state index contributed by atoms with van der Waals surface area (Å²) in [7, 11) is 0. The van der Waals surface area contributed by atoms with E-state index in [2.05, 4.69) is 26.3 Å². The van der Waals surface area contributed by atoms with Crippen molar-refractivity contribution >= 4 is 21.6 Å². The Morgan fingerprint density at radius 2 is 2.11 bits per heavy atom. The summed E-state index contributed by atoms with van der Waals surface area (Å²) in [6, 6.07) is 0. The summed E-state index contributed by atoms with van der Waals surface area (Å²) in [5.41, 5.74) is 0.687. The molecule has 2 aliphatic rings. The van der Waals surface area contributed by atoms with Crippen LogP contribution in [0, 0.1) is 11.8 Å². The SMILES string of the molecule is O=c1c(NCCC2CC2)c(Br)cnn1CC1CCC1. The van der Waals surface area contributed by atoms with Gasteiger partial charge >= 0.3 is 0 Å². The van der Waals surface area contributed by atoms with Gasteiger partial charge in [-0.25, -0.2) is 4.68 Å². The van der Waals surface area contributed by atoms with Crippen LogP contribution in [0.25, 0.3) is 0 Å². The van der Waals surface area contributed by atoms with E-state index in [9.17, 15) is 4.79 Å². The van der Waals surface area contributed by atoms with E-state index in [-0.39, 0.29) is 5.56 Å². The van der Waals surface area contributed by atoms with E-state index >= 15 is 0 Å². The molecule has 0 aliphatic heterocycles. The maximum atomic E-state index is 12.4. The Morgan fingerprint density at radius 1 is 1.32 bits per heavy atom. The number of anilines is 1. The first-order chi connectivity index (χ1) is 9.24. The van der Waals surface area contributed by atoms with Crippen LogP contribution in [0.4, 0.5) is 5.69 Å². The van der Waals surface area contributed by atoms with Gasteiger partial charge in [0.15, 0.2) is 0 Å². The number of aromatic nitrogens is 2. The van der Waals surface area contributed by atoms with Crippen molar-refractivity contribution in [2.24, 2.45) is 11.8 Å². The molecule has 0 radical (unpaired) electrons. The van der Waals surface area contributed by atoms with Crippen molar-refractivity contribution in [1.82, 2.24) is 9.78 Å². The standard InChI is InChI=1S/C14H20BrN3O/c15-12-8-17-18(9-11-2-1-3-11)14(19)13(12)16-7-6-10-4-5-10/h8,10-11,16H,1-7,9H2. The highest BCUT2D eigenvalue weighted by Crippen LogP contribution is 2.32. The highest BCUT2D eigenvalue weighted by atomic mass is 79.9. The molecule has 0 spiro atoms. The molecule has 19 heavy (non-hydrogen) atoms. The quantitative estimate of drug-likeness (QED) is 0.874. The van der Waals surface area contributed by atoms with Crippen LogP contribution < -0.4 is 10.9 Å². The van der Waals surface area contributed by atoms with Crippen LogP contribution in [0.15, 0.2) is 15.5 Å². The molecule has 0 bridgehead atoms. The van der Waals surface area contributed by atoms with Gasteiger partial charge in [0.1, 0.15) is 5.69 Å². The Bertz CT molecular complexity index is 506. The molecule has 104 valence electrons. The summed E-state index contributed by atoms with van der Waals surface area (Å²) < 4.78 is 2.40. The van der Waals surface area contributed by atoms with Crippen molar-refractivity contribution in [2.45, 2.75) is 45.1 Å². The average Bonchev–Trinajstić information content (AvgIpc) is 3.14. The van der Waals surface area contributed by atoms with Crippen LogP contribution in [-0.4, -0.2) is 16.3 Å². The second-order valence-electron chi connectivity index (χ2n) is 5.81. The van der Waals surface area contributed by atoms with E-state index in [1.165, 1.54) is 32.1 Å². The lowest BCUT2D eigenvalue weighted by Gasteiger charge is -2.25. The number of hydrogen-bond acceptors (Lipinski definition) is 3. The lowest BCUT2D eigenvalue weighted by atomic mass is 9.85. The molecule has 5 heteroatoms. The molecule has 0 amide bonds. The number of nitrogens with zero attached hydrogens (tertiary/aromatic N) is 2. The minimum absolute atomic E-state index is 0.0112. The Balaban J connectivity index is 1.68. The van der Waals surface area contributed by atoms with Gasteiger partial charge in [0.05, 0.1) is 10.7 Å². The Morgan fingerprint density at radius 3 is 2.74 bits per heavy atom. The fourth-order valence-electron chi connectivity index (χ4n) is 2.49. The zero-order valence-electron chi connectivity index (χ0n) is 11.1. The molecule has 0 saturated heterocycles. The molecule has 3 rings (SSSR count). The minimum Gasteiger partial charge on any atom is -0.380 e. The smallest absolute Gasteiger partial charge is 0.291 e. The van der Waals surface area contributed by atoms with Crippen molar-refractivity contribution in [2.75, 3.05) is 11.9 Å². The first-order valence-corrected chi connectivity index (χ1v) is 8.03. The lowest BCUT2D eigenvalue weighted by molar-refractivity contribution is 0.262. The molecule has 1 aromatic heterocycles. The molecule has 2 fully saturated rings. The number of halogens is 1. The molecule has 1 N–H and O–H groups in total. The highest BCUT2D eigenvalue weighted by molar-refractivity contribution is 9.10. The summed E-state index contributed by atoms with van der Waals surface area (Å²) in [6.45, 7) is 1.65. The van der Waals surface area contributed by atoms with Crippen LogP contribution in [0.5, 0.6) is 0 Å². The van der Waals surface area contributed by atoms with Gasteiger partial charge < -0.3 is 5.32 Å². The number of rotatable bonds is 6. The number of hydrogen-bond donors (Lipinski definition) is 1.